The van der Waals surface area contributed by atoms with Gasteiger partial charge >= 0.3 is 0 Å². The topological polar surface area (TPSA) is 88.2 Å². The molecule has 7 nitrogen and oxygen atoms in total. The normalized spacial score (nSPS) is 24.3. The molecule has 0 unspecified atom stereocenters. The summed E-state index contributed by atoms with van der Waals surface area (Å²) in [5, 5.41) is 23.7. The number of anilines is 1. The molecule has 84 valence electrons. The molecule has 2 heterocycles. The average Bonchev–Trinajstić information content (AvgIpc) is 2.71. The minimum absolute atomic E-state index is 0.117. The van der Waals surface area contributed by atoms with Crippen molar-refractivity contribution in [1.29, 1.82) is 0 Å². The Morgan fingerprint density at radius 1 is 1.44 bits per heavy atom. The van der Waals surface area contributed by atoms with Gasteiger partial charge in [-0.3, -0.25) is 4.98 Å². The van der Waals surface area contributed by atoms with E-state index in [0.29, 0.717) is 11.6 Å². The van der Waals surface area contributed by atoms with Crippen LogP contribution in [0.4, 0.5) is 5.82 Å². The highest BCUT2D eigenvalue weighted by Crippen LogP contribution is 2.27. The summed E-state index contributed by atoms with van der Waals surface area (Å²) in [5.74, 6) is 1.31. The molecule has 0 bridgehead atoms. The van der Waals surface area contributed by atoms with E-state index in [1.54, 1.807) is 16.9 Å². The Balaban J connectivity index is 1.71. The first-order chi connectivity index (χ1) is 7.83. The number of nitrogens with one attached hydrogen (secondary N) is 1. The fraction of sp³-hybridized carbons (Fsp3) is 0.556. The van der Waals surface area contributed by atoms with Gasteiger partial charge in [0.15, 0.2) is 5.65 Å². The van der Waals surface area contributed by atoms with Crippen LogP contribution in [0.15, 0.2) is 12.4 Å². The molecule has 0 atom stereocenters. The molecular weight excluding hydrogens is 208 g/mol. The third kappa shape index (κ3) is 1.58. The maximum atomic E-state index is 9.18. The summed E-state index contributed by atoms with van der Waals surface area (Å²) in [6, 6.07) is 0. The van der Waals surface area contributed by atoms with E-state index in [1.807, 2.05) is 0 Å². The van der Waals surface area contributed by atoms with E-state index in [4.69, 9.17) is 0 Å². The van der Waals surface area contributed by atoms with Crippen LogP contribution in [0.3, 0.4) is 0 Å². The van der Waals surface area contributed by atoms with Gasteiger partial charge < -0.3 is 10.4 Å². The number of aliphatic hydroxyl groups is 1. The molecule has 2 N–H and O–H groups in total. The lowest BCUT2D eigenvalue weighted by Crippen LogP contribution is -2.33. The number of fused-ring (bicyclic) bond motifs is 1. The highest BCUT2D eigenvalue weighted by atomic mass is 16.3. The first-order valence-electron chi connectivity index (χ1n) is 5.27. The van der Waals surface area contributed by atoms with Crippen LogP contribution in [0.2, 0.25) is 0 Å². The molecule has 1 fully saturated rings. The number of nitrogens with zero attached hydrogens (tertiary/aromatic N) is 5. The van der Waals surface area contributed by atoms with Gasteiger partial charge in [-0.1, -0.05) is 0 Å². The summed E-state index contributed by atoms with van der Waals surface area (Å²) in [6.45, 7) is 0.817. The second-order valence-electron chi connectivity index (χ2n) is 4.11. The molecule has 0 amide bonds. The van der Waals surface area contributed by atoms with Crippen molar-refractivity contribution < 1.29 is 5.11 Å². The smallest absolute Gasteiger partial charge is 0.199 e. The number of aliphatic hydroxyl groups excluding tert-OH is 1. The molecule has 2 aromatic rings. The Morgan fingerprint density at radius 2 is 2.31 bits per heavy atom. The molecule has 1 saturated carbocycles. The molecule has 3 rings (SSSR count). The van der Waals surface area contributed by atoms with Gasteiger partial charge in [0.25, 0.3) is 0 Å². The van der Waals surface area contributed by atoms with E-state index in [0.717, 1.165) is 25.2 Å². The van der Waals surface area contributed by atoms with Crippen LogP contribution in [0.25, 0.3) is 5.65 Å². The summed E-state index contributed by atoms with van der Waals surface area (Å²) < 4.78 is 1.61. The highest BCUT2D eigenvalue weighted by molar-refractivity contribution is 5.43. The predicted molar refractivity (Wildman–Crippen MR) is 55.8 cm³/mol. The van der Waals surface area contributed by atoms with Crippen molar-refractivity contribution in [3.8, 4) is 0 Å². The molecule has 0 radical (unpaired) electrons. The molecule has 16 heavy (non-hydrogen) atoms. The fourth-order valence-corrected chi connectivity index (χ4v) is 1.91. The van der Waals surface area contributed by atoms with Crippen LogP contribution in [0.5, 0.6) is 0 Å². The lowest BCUT2D eigenvalue weighted by atomic mass is 9.82. The zero-order valence-corrected chi connectivity index (χ0v) is 8.61. The molecule has 1 aliphatic carbocycles. The van der Waals surface area contributed by atoms with E-state index >= 15 is 0 Å². The highest BCUT2D eigenvalue weighted by Gasteiger charge is 2.26. The van der Waals surface area contributed by atoms with Gasteiger partial charge in [0.1, 0.15) is 5.82 Å². The third-order valence-electron chi connectivity index (χ3n) is 2.89. The van der Waals surface area contributed by atoms with E-state index in [9.17, 15) is 5.11 Å². The zero-order valence-electron chi connectivity index (χ0n) is 8.61. The molecule has 2 aromatic heterocycles. The molecule has 0 saturated heterocycles. The van der Waals surface area contributed by atoms with Gasteiger partial charge in [0, 0.05) is 6.54 Å². The largest absolute Gasteiger partial charge is 0.393 e. The Labute approximate surface area is 91.5 Å². The average molecular weight is 220 g/mol. The molecule has 0 spiro atoms. The Morgan fingerprint density at radius 3 is 3.12 bits per heavy atom. The van der Waals surface area contributed by atoms with E-state index < -0.39 is 0 Å². The third-order valence-corrected chi connectivity index (χ3v) is 2.89. The predicted octanol–water partition coefficient (Wildman–Crippen LogP) is -0.298. The molecule has 0 aliphatic heterocycles. The summed E-state index contributed by atoms with van der Waals surface area (Å²) in [7, 11) is 0. The Hall–Kier alpha value is -1.76. The molecule has 0 aromatic carbocycles. The van der Waals surface area contributed by atoms with Crippen LogP contribution in [-0.2, 0) is 0 Å². The van der Waals surface area contributed by atoms with Gasteiger partial charge in [0.2, 0.25) is 0 Å². The van der Waals surface area contributed by atoms with E-state index in [2.05, 4.69) is 25.8 Å². The van der Waals surface area contributed by atoms with Crippen molar-refractivity contribution in [2.75, 3.05) is 11.9 Å². The van der Waals surface area contributed by atoms with Crippen LogP contribution >= 0.6 is 0 Å². The standard InChI is InChI=1S/C9H12N6O/c16-7-1-6(2-7)3-11-8-4-10-5-9-12-13-14-15(8)9/h4-7,11,16H,1-3H2. The molecule has 1 aliphatic rings. The van der Waals surface area contributed by atoms with Crippen LogP contribution in [0, 0.1) is 5.92 Å². The van der Waals surface area contributed by atoms with Crippen LogP contribution < -0.4 is 5.32 Å². The van der Waals surface area contributed by atoms with Crippen molar-refractivity contribution >= 4 is 11.5 Å². The van der Waals surface area contributed by atoms with Crippen molar-refractivity contribution in [2.24, 2.45) is 5.92 Å². The van der Waals surface area contributed by atoms with E-state index in [1.165, 1.54) is 0 Å². The molecule has 7 heteroatoms. The second kappa shape index (κ2) is 3.67. The minimum atomic E-state index is -0.117. The van der Waals surface area contributed by atoms with E-state index in [-0.39, 0.29) is 6.10 Å². The van der Waals surface area contributed by atoms with Gasteiger partial charge in [-0.15, -0.1) is 5.10 Å². The number of hydrogen-bond acceptors (Lipinski definition) is 6. The zero-order chi connectivity index (χ0) is 11.0. The molecular formula is C9H12N6O. The van der Waals surface area contributed by atoms with Crippen molar-refractivity contribution in [3.05, 3.63) is 12.4 Å². The maximum Gasteiger partial charge on any atom is 0.199 e. The number of aromatic nitrogens is 5. The summed E-state index contributed by atoms with van der Waals surface area (Å²) >= 11 is 0. The fourth-order valence-electron chi connectivity index (χ4n) is 1.91. The first-order valence-corrected chi connectivity index (χ1v) is 5.27. The Bertz CT molecular complexity index is 491. The van der Waals surface area contributed by atoms with Crippen molar-refractivity contribution in [1.82, 2.24) is 25.0 Å². The summed E-state index contributed by atoms with van der Waals surface area (Å²) in [6.07, 6.45) is 4.92. The van der Waals surface area contributed by atoms with Crippen LogP contribution in [-0.4, -0.2) is 42.8 Å². The number of rotatable bonds is 3. The monoisotopic (exact) mass is 220 g/mol. The lowest BCUT2D eigenvalue weighted by Gasteiger charge is -2.31. The first kappa shape index (κ1) is 9.46. The second-order valence-corrected chi connectivity index (χ2v) is 4.11. The van der Waals surface area contributed by atoms with Crippen LogP contribution in [0.1, 0.15) is 12.8 Å². The van der Waals surface area contributed by atoms with Gasteiger partial charge in [-0.2, -0.15) is 4.52 Å². The lowest BCUT2D eigenvalue weighted by molar-refractivity contribution is 0.0486. The van der Waals surface area contributed by atoms with Crippen molar-refractivity contribution in [3.63, 3.8) is 0 Å². The van der Waals surface area contributed by atoms with Crippen molar-refractivity contribution in [2.45, 2.75) is 18.9 Å². The van der Waals surface area contributed by atoms with Gasteiger partial charge in [0.05, 0.1) is 18.5 Å². The minimum Gasteiger partial charge on any atom is -0.393 e. The summed E-state index contributed by atoms with van der Waals surface area (Å²) in [4.78, 5) is 4.05. The maximum absolute atomic E-state index is 9.18. The number of hydrogen-bond donors (Lipinski definition) is 2. The number of tetrazole rings is 1. The quantitative estimate of drug-likeness (QED) is 0.738. The Kier molecular flexibility index (Phi) is 2.17. The summed E-state index contributed by atoms with van der Waals surface area (Å²) in [5.41, 5.74) is 0.624. The van der Waals surface area contributed by atoms with Gasteiger partial charge in [-0.25, -0.2) is 0 Å². The SMILES string of the molecule is OC1CC(CNc2cncc3nnnn23)C1. The van der Waals surface area contributed by atoms with Gasteiger partial charge in [-0.05, 0) is 29.2 Å².